The number of rotatable bonds is 9. The smallest absolute Gasteiger partial charge is 0.317 e. The van der Waals surface area contributed by atoms with Crippen LogP contribution in [-0.2, 0) is 22.7 Å². The average molecular weight is 488 g/mol. The van der Waals surface area contributed by atoms with Crippen LogP contribution in [0.1, 0.15) is 29.2 Å². The lowest BCUT2D eigenvalue weighted by atomic mass is 10.0. The number of nitrogens with one attached hydrogen (secondary N) is 1. The van der Waals surface area contributed by atoms with Gasteiger partial charge in [-0.1, -0.05) is 66.7 Å². The van der Waals surface area contributed by atoms with E-state index in [4.69, 9.17) is 9.94 Å². The number of azo groups is 1. The van der Waals surface area contributed by atoms with Gasteiger partial charge < -0.3 is 5.11 Å². The quantitative estimate of drug-likeness (QED) is 0.443. The first kappa shape index (κ1) is 24.5. The lowest BCUT2D eigenvalue weighted by molar-refractivity contribution is -0.138. The van der Waals surface area contributed by atoms with Crippen molar-refractivity contribution in [2.75, 3.05) is 39.3 Å². The van der Waals surface area contributed by atoms with Gasteiger partial charge in [-0.15, -0.1) is 0 Å². The van der Waals surface area contributed by atoms with Crippen LogP contribution in [0.2, 0.25) is 0 Å². The fourth-order valence-corrected chi connectivity index (χ4v) is 5.01. The predicted molar refractivity (Wildman–Crippen MR) is 139 cm³/mol. The number of hydroxylamine groups is 1. The number of fused-ring (bicyclic) bond motifs is 1. The molecule has 0 saturated carbocycles. The van der Waals surface area contributed by atoms with E-state index in [1.165, 1.54) is 21.9 Å². The Morgan fingerprint density at radius 2 is 1.64 bits per heavy atom. The summed E-state index contributed by atoms with van der Waals surface area (Å²) in [5.41, 5.74) is 6.73. The third-order valence-corrected chi connectivity index (χ3v) is 7.02. The maximum atomic E-state index is 10.9. The van der Waals surface area contributed by atoms with E-state index < -0.39 is 5.97 Å². The molecule has 36 heavy (non-hydrogen) atoms. The topological polar surface area (TPSA) is 89.8 Å². The molecule has 188 valence electrons. The van der Waals surface area contributed by atoms with E-state index in [9.17, 15) is 4.79 Å². The lowest BCUT2D eigenvalue weighted by Crippen LogP contribution is -2.49. The predicted octanol–water partition coefficient (Wildman–Crippen LogP) is 4.03. The molecule has 2 aliphatic heterocycles. The summed E-state index contributed by atoms with van der Waals surface area (Å²) >= 11 is 0. The van der Waals surface area contributed by atoms with Crippen molar-refractivity contribution in [3.63, 3.8) is 0 Å². The number of carbonyl (C=O) groups is 1. The molecule has 2 heterocycles. The molecule has 3 aromatic carbocycles. The summed E-state index contributed by atoms with van der Waals surface area (Å²) in [4.78, 5) is 21.1. The second-order valence-electron chi connectivity index (χ2n) is 9.60. The van der Waals surface area contributed by atoms with E-state index in [2.05, 4.69) is 87.3 Å². The molecule has 0 radical (unpaired) electrons. The van der Waals surface area contributed by atoms with Crippen molar-refractivity contribution < 1.29 is 14.7 Å². The van der Waals surface area contributed by atoms with Crippen LogP contribution in [0.4, 0.5) is 0 Å². The molecule has 2 unspecified atom stereocenters. The second kappa shape index (κ2) is 11.7. The molecular formula is C28H33N5O3. The standard InChI is InChI=1S/C28H33N5O3/c34-28(35)20-33-14-12-32(13-15-33)19-25-16-27(31-36-25)23-10-8-21(9-11-23)17-29-30-18-24-6-3-5-22-4-1-2-7-26(22)24/h1-11,25,27,31H,12-20H2,(H,34,35). The molecule has 2 N–H and O–H groups in total. The molecule has 5 rings (SSSR count). The molecule has 0 aromatic heterocycles. The van der Waals surface area contributed by atoms with Crippen LogP contribution in [0.25, 0.3) is 10.8 Å². The molecule has 2 atom stereocenters. The highest BCUT2D eigenvalue weighted by molar-refractivity contribution is 5.85. The fourth-order valence-electron chi connectivity index (χ4n) is 5.01. The minimum Gasteiger partial charge on any atom is -0.480 e. The summed E-state index contributed by atoms with van der Waals surface area (Å²) in [6.07, 6.45) is 1.04. The molecule has 2 aliphatic rings. The highest BCUT2D eigenvalue weighted by Gasteiger charge is 2.29. The Labute approximate surface area is 211 Å². The van der Waals surface area contributed by atoms with E-state index in [-0.39, 0.29) is 18.7 Å². The van der Waals surface area contributed by atoms with Crippen molar-refractivity contribution in [1.82, 2.24) is 15.3 Å². The number of carboxylic acid groups (broad SMARTS) is 1. The molecule has 0 spiro atoms. The summed E-state index contributed by atoms with van der Waals surface area (Å²) in [5.74, 6) is -0.760. The zero-order chi connectivity index (χ0) is 24.7. The summed E-state index contributed by atoms with van der Waals surface area (Å²) in [6, 6.07) is 23.3. The van der Waals surface area contributed by atoms with Crippen LogP contribution in [0.15, 0.2) is 77.0 Å². The summed E-state index contributed by atoms with van der Waals surface area (Å²) in [5, 5.41) is 20.2. The van der Waals surface area contributed by atoms with E-state index in [0.717, 1.165) is 44.7 Å². The van der Waals surface area contributed by atoms with Gasteiger partial charge >= 0.3 is 5.97 Å². The number of nitrogens with zero attached hydrogens (tertiary/aromatic N) is 4. The van der Waals surface area contributed by atoms with Crippen LogP contribution in [-0.4, -0.2) is 66.2 Å². The maximum Gasteiger partial charge on any atom is 0.317 e. The minimum atomic E-state index is -0.760. The van der Waals surface area contributed by atoms with Crippen LogP contribution in [0.5, 0.6) is 0 Å². The number of aliphatic carboxylic acids is 1. The van der Waals surface area contributed by atoms with Crippen LogP contribution in [0, 0.1) is 0 Å². The van der Waals surface area contributed by atoms with Gasteiger partial charge in [0.15, 0.2) is 0 Å². The minimum absolute atomic E-state index is 0.124. The molecule has 0 aliphatic carbocycles. The first-order chi connectivity index (χ1) is 17.6. The van der Waals surface area contributed by atoms with Gasteiger partial charge in [-0.3, -0.25) is 19.4 Å². The van der Waals surface area contributed by atoms with Gasteiger partial charge in [0.2, 0.25) is 0 Å². The highest BCUT2D eigenvalue weighted by atomic mass is 16.7. The van der Waals surface area contributed by atoms with Gasteiger partial charge in [0.05, 0.1) is 31.8 Å². The van der Waals surface area contributed by atoms with Gasteiger partial charge in [-0.25, -0.2) is 0 Å². The summed E-state index contributed by atoms with van der Waals surface area (Å²) < 4.78 is 0. The molecule has 2 saturated heterocycles. The molecule has 8 heteroatoms. The Morgan fingerprint density at radius 3 is 2.44 bits per heavy atom. The number of benzene rings is 3. The molecule has 8 nitrogen and oxygen atoms in total. The van der Waals surface area contributed by atoms with Crippen molar-refractivity contribution in [3.8, 4) is 0 Å². The molecular weight excluding hydrogens is 454 g/mol. The van der Waals surface area contributed by atoms with Crippen molar-refractivity contribution in [2.45, 2.75) is 31.7 Å². The fraction of sp³-hybridized carbons (Fsp3) is 0.393. The van der Waals surface area contributed by atoms with Gasteiger partial charge in [0.25, 0.3) is 0 Å². The SMILES string of the molecule is O=C(O)CN1CCN(CC2CC(c3ccc(CN=NCc4cccc5ccccc45)cc3)NO2)CC1. The number of carboxylic acids is 1. The second-order valence-corrected chi connectivity index (χ2v) is 9.60. The van der Waals surface area contributed by atoms with E-state index in [1.54, 1.807) is 0 Å². The summed E-state index contributed by atoms with van der Waals surface area (Å²) in [6.45, 7) is 5.46. The van der Waals surface area contributed by atoms with Gasteiger partial charge in [-0.2, -0.15) is 15.7 Å². The normalized spacial score (nSPS) is 21.4. The third-order valence-electron chi connectivity index (χ3n) is 7.02. The Morgan fingerprint density at radius 1 is 0.917 bits per heavy atom. The molecule has 0 amide bonds. The zero-order valence-corrected chi connectivity index (χ0v) is 20.4. The third kappa shape index (κ3) is 6.33. The van der Waals surface area contributed by atoms with Gasteiger partial charge in [0, 0.05) is 32.7 Å². The molecule has 3 aromatic rings. The van der Waals surface area contributed by atoms with Gasteiger partial charge in [-0.05, 0) is 33.9 Å². The van der Waals surface area contributed by atoms with Gasteiger partial charge in [0.1, 0.15) is 0 Å². The molecule has 0 bridgehead atoms. The van der Waals surface area contributed by atoms with Crippen molar-refractivity contribution in [3.05, 3.63) is 83.4 Å². The Kier molecular flexibility index (Phi) is 7.98. The van der Waals surface area contributed by atoms with E-state index in [0.29, 0.717) is 13.1 Å². The first-order valence-electron chi connectivity index (χ1n) is 12.6. The maximum absolute atomic E-state index is 10.9. The number of hydrogen-bond acceptors (Lipinski definition) is 7. The van der Waals surface area contributed by atoms with Crippen LogP contribution < -0.4 is 5.48 Å². The molecule has 2 fully saturated rings. The average Bonchev–Trinajstić information content (AvgIpc) is 3.36. The summed E-state index contributed by atoms with van der Waals surface area (Å²) in [7, 11) is 0. The van der Waals surface area contributed by atoms with E-state index >= 15 is 0 Å². The zero-order valence-electron chi connectivity index (χ0n) is 20.4. The number of piperazine rings is 1. The van der Waals surface area contributed by atoms with Crippen LogP contribution in [0.3, 0.4) is 0 Å². The van der Waals surface area contributed by atoms with Crippen molar-refractivity contribution >= 4 is 16.7 Å². The lowest BCUT2D eigenvalue weighted by Gasteiger charge is -2.34. The largest absolute Gasteiger partial charge is 0.480 e. The number of hydrogen-bond donors (Lipinski definition) is 2. The Bertz CT molecular complexity index is 1190. The Hall–Kier alpha value is -3.17. The van der Waals surface area contributed by atoms with Crippen LogP contribution >= 0.6 is 0 Å². The van der Waals surface area contributed by atoms with Crippen molar-refractivity contribution in [2.24, 2.45) is 10.2 Å². The Balaban J connectivity index is 1.07. The van der Waals surface area contributed by atoms with Crippen molar-refractivity contribution in [1.29, 1.82) is 0 Å². The van der Waals surface area contributed by atoms with E-state index in [1.807, 2.05) is 4.90 Å². The first-order valence-corrected chi connectivity index (χ1v) is 12.6. The highest BCUT2D eigenvalue weighted by Crippen LogP contribution is 2.26. The monoisotopic (exact) mass is 487 g/mol.